The maximum atomic E-state index is 11.9. The van der Waals surface area contributed by atoms with Gasteiger partial charge in [0.25, 0.3) is 0 Å². The first-order valence-electron chi connectivity index (χ1n) is 7.72. The molecule has 0 saturated carbocycles. The summed E-state index contributed by atoms with van der Waals surface area (Å²) in [5, 5.41) is 3.05. The lowest BCUT2D eigenvalue weighted by Crippen LogP contribution is -2.40. The van der Waals surface area contributed by atoms with E-state index in [4.69, 9.17) is 0 Å². The van der Waals surface area contributed by atoms with Crippen molar-refractivity contribution in [1.29, 1.82) is 0 Å². The van der Waals surface area contributed by atoms with E-state index >= 15 is 0 Å². The van der Waals surface area contributed by atoms with E-state index in [1.165, 1.54) is 6.42 Å². The summed E-state index contributed by atoms with van der Waals surface area (Å²) in [6.07, 6.45) is 7.32. The fourth-order valence-electron chi connectivity index (χ4n) is 2.66. The zero-order valence-electron chi connectivity index (χ0n) is 13.3. The molecule has 21 heavy (non-hydrogen) atoms. The summed E-state index contributed by atoms with van der Waals surface area (Å²) in [7, 11) is 0. The van der Waals surface area contributed by atoms with Gasteiger partial charge in [-0.15, -0.1) is 0 Å². The van der Waals surface area contributed by atoms with Gasteiger partial charge in [-0.25, -0.2) is 0 Å². The molecule has 1 amide bonds. The van der Waals surface area contributed by atoms with Crippen LogP contribution in [0.25, 0.3) is 0 Å². The second kappa shape index (κ2) is 6.98. The summed E-state index contributed by atoms with van der Waals surface area (Å²) >= 11 is 0. The van der Waals surface area contributed by atoms with Crippen LogP contribution >= 0.6 is 0 Å². The van der Waals surface area contributed by atoms with E-state index in [1.807, 2.05) is 0 Å². The van der Waals surface area contributed by atoms with Gasteiger partial charge in [0, 0.05) is 43.6 Å². The van der Waals surface area contributed by atoms with E-state index in [9.17, 15) is 4.79 Å². The minimum absolute atomic E-state index is 0.106. The minimum atomic E-state index is 0.106. The number of nitrogens with one attached hydrogen (secondary N) is 1. The van der Waals surface area contributed by atoms with Gasteiger partial charge >= 0.3 is 0 Å². The molecule has 0 aromatic carbocycles. The second-order valence-corrected chi connectivity index (χ2v) is 6.77. The van der Waals surface area contributed by atoms with Crippen molar-refractivity contribution in [1.82, 2.24) is 20.2 Å². The van der Waals surface area contributed by atoms with Crippen molar-refractivity contribution in [2.45, 2.75) is 45.6 Å². The van der Waals surface area contributed by atoms with Crippen LogP contribution in [0, 0.1) is 5.92 Å². The first-order chi connectivity index (χ1) is 9.95. The highest BCUT2D eigenvalue weighted by molar-refractivity contribution is 5.76. The van der Waals surface area contributed by atoms with Crippen LogP contribution in [-0.2, 0) is 11.2 Å². The normalized spacial score (nSPS) is 19.7. The van der Waals surface area contributed by atoms with E-state index in [-0.39, 0.29) is 11.4 Å². The Hall–Kier alpha value is -1.49. The zero-order valence-corrected chi connectivity index (χ0v) is 13.3. The van der Waals surface area contributed by atoms with Crippen LogP contribution in [-0.4, -0.2) is 45.9 Å². The standard InChI is InChI=1S/C16H26N4O/c1-16(2,3)20-9-6-13(12-20)10-19-15(21)5-4-14-11-17-7-8-18-14/h7-8,11,13H,4-6,9-10,12H2,1-3H3,(H,19,21)/t13-/m0/s1. The van der Waals surface area contributed by atoms with Crippen molar-refractivity contribution < 1.29 is 4.79 Å². The monoisotopic (exact) mass is 290 g/mol. The van der Waals surface area contributed by atoms with E-state index in [0.717, 1.165) is 25.3 Å². The van der Waals surface area contributed by atoms with Crippen LogP contribution < -0.4 is 5.32 Å². The number of carbonyl (C=O) groups excluding carboxylic acids is 1. The summed E-state index contributed by atoms with van der Waals surface area (Å²) in [6, 6.07) is 0. The van der Waals surface area contributed by atoms with Crippen molar-refractivity contribution >= 4 is 5.91 Å². The SMILES string of the molecule is CC(C)(C)N1CC[C@@H](CNC(=O)CCc2cnccn2)C1. The molecule has 0 aliphatic carbocycles. The first kappa shape index (κ1) is 15.9. The van der Waals surface area contributed by atoms with Gasteiger partial charge in [-0.3, -0.25) is 19.7 Å². The Morgan fingerprint density at radius 3 is 2.86 bits per heavy atom. The zero-order chi connectivity index (χ0) is 15.3. The van der Waals surface area contributed by atoms with Gasteiger partial charge in [0.15, 0.2) is 0 Å². The molecule has 0 spiro atoms. The molecule has 0 bridgehead atoms. The molecule has 0 radical (unpaired) electrons. The van der Waals surface area contributed by atoms with Crippen molar-refractivity contribution in [3.05, 3.63) is 24.3 Å². The Bertz CT molecular complexity index is 455. The number of amides is 1. The number of aryl methyl sites for hydroxylation is 1. The number of carbonyl (C=O) groups is 1. The molecular weight excluding hydrogens is 264 g/mol. The molecule has 5 heteroatoms. The summed E-state index contributed by atoms with van der Waals surface area (Å²) in [4.78, 5) is 22.5. The molecule has 2 heterocycles. The first-order valence-corrected chi connectivity index (χ1v) is 7.72. The highest BCUT2D eigenvalue weighted by Gasteiger charge is 2.30. The van der Waals surface area contributed by atoms with E-state index in [1.54, 1.807) is 18.6 Å². The van der Waals surface area contributed by atoms with Gasteiger partial charge in [0.1, 0.15) is 0 Å². The highest BCUT2D eigenvalue weighted by Crippen LogP contribution is 2.23. The Morgan fingerprint density at radius 2 is 2.24 bits per heavy atom. The van der Waals surface area contributed by atoms with Crippen molar-refractivity contribution in [3.8, 4) is 0 Å². The Morgan fingerprint density at radius 1 is 1.43 bits per heavy atom. The van der Waals surface area contributed by atoms with Gasteiger partial charge in [0.2, 0.25) is 5.91 Å². The number of rotatable bonds is 5. The molecule has 2 rings (SSSR count). The molecule has 1 aromatic heterocycles. The molecule has 116 valence electrons. The summed E-state index contributed by atoms with van der Waals surface area (Å²) in [5.74, 6) is 0.680. The van der Waals surface area contributed by atoms with Crippen molar-refractivity contribution in [3.63, 3.8) is 0 Å². The number of hydrogen-bond acceptors (Lipinski definition) is 4. The van der Waals surface area contributed by atoms with Crippen LogP contribution in [0.4, 0.5) is 0 Å². The summed E-state index contributed by atoms with van der Waals surface area (Å²) in [5.41, 5.74) is 1.09. The van der Waals surface area contributed by atoms with E-state index in [0.29, 0.717) is 18.8 Å². The fourth-order valence-corrected chi connectivity index (χ4v) is 2.66. The number of likely N-dealkylation sites (tertiary alicyclic amines) is 1. The predicted octanol–water partition coefficient (Wildman–Crippen LogP) is 1.65. The molecule has 0 unspecified atom stereocenters. The summed E-state index contributed by atoms with van der Waals surface area (Å²) < 4.78 is 0. The maximum Gasteiger partial charge on any atom is 0.220 e. The molecular formula is C16H26N4O. The molecule has 1 saturated heterocycles. The van der Waals surface area contributed by atoms with Gasteiger partial charge < -0.3 is 5.32 Å². The quantitative estimate of drug-likeness (QED) is 0.896. The van der Waals surface area contributed by atoms with Gasteiger partial charge in [0.05, 0.1) is 5.69 Å². The Kier molecular flexibility index (Phi) is 5.28. The lowest BCUT2D eigenvalue weighted by Gasteiger charge is -2.31. The minimum Gasteiger partial charge on any atom is -0.356 e. The van der Waals surface area contributed by atoms with Crippen molar-refractivity contribution in [2.24, 2.45) is 5.92 Å². The lowest BCUT2D eigenvalue weighted by molar-refractivity contribution is -0.121. The number of nitrogens with zero attached hydrogens (tertiary/aromatic N) is 3. The van der Waals surface area contributed by atoms with E-state index < -0.39 is 0 Å². The number of aromatic nitrogens is 2. The predicted molar refractivity (Wildman–Crippen MR) is 82.8 cm³/mol. The largest absolute Gasteiger partial charge is 0.356 e. The molecule has 1 aliphatic rings. The third-order valence-electron chi connectivity index (χ3n) is 4.05. The third kappa shape index (κ3) is 5.08. The molecule has 5 nitrogen and oxygen atoms in total. The van der Waals surface area contributed by atoms with Crippen molar-refractivity contribution in [2.75, 3.05) is 19.6 Å². The Labute approximate surface area is 127 Å². The Balaban J connectivity index is 1.66. The average molecular weight is 290 g/mol. The molecule has 1 atom stereocenters. The fraction of sp³-hybridized carbons (Fsp3) is 0.688. The van der Waals surface area contributed by atoms with Crippen LogP contribution in [0.1, 0.15) is 39.3 Å². The summed E-state index contributed by atoms with van der Waals surface area (Å²) in [6.45, 7) is 9.72. The molecule has 1 fully saturated rings. The van der Waals surface area contributed by atoms with Gasteiger partial charge in [-0.1, -0.05) is 0 Å². The smallest absolute Gasteiger partial charge is 0.220 e. The van der Waals surface area contributed by atoms with E-state index in [2.05, 4.69) is 41.0 Å². The van der Waals surface area contributed by atoms with Gasteiger partial charge in [-0.05, 0) is 46.1 Å². The number of hydrogen-bond donors (Lipinski definition) is 1. The molecule has 1 aliphatic heterocycles. The van der Waals surface area contributed by atoms with Crippen LogP contribution in [0.2, 0.25) is 0 Å². The molecule has 1 N–H and O–H groups in total. The lowest BCUT2D eigenvalue weighted by atomic mass is 10.1. The topological polar surface area (TPSA) is 58.1 Å². The second-order valence-electron chi connectivity index (χ2n) is 6.77. The van der Waals surface area contributed by atoms with Gasteiger partial charge in [-0.2, -0.15) is 0 Å². The highest BCUT2D eigenvalue weighted by atomic mass is 16.1. The maximum absolute atomic E-state index is 11.9. The third-order valence-corrected chi connectivity index (χ3v) is 4.05. The van der Waals surface area contributed by atoms with Crippen LogP contribution in [0.3, 0.4) is 0 Å². The van der Waals surface area contributed by atoms with Crippen LogP contribution in [0.5, 0.6) is 0 Å². The van der Waals surface area contributed by atoms with Crippen LogP contribution in [0.15, 0.2) is 18.6 Å². The molecule has 1 aromatic rings. The average Bonchev–Trinajstić information content (AvgIpc) is 2.93.